The van der Waals surface area contributed by atoms with Crippen LogP contribution in [0.2, 0.25) is 0 Å². The summed E-state index contributed by atoms with van der Waals surface area (Å²) in [5, 5.41) is 31.6. The van der Waals surface area contributed by atoms with E-state index in [1.54, 1.807) is 11.3 Å². The second-order valence-corrected chi connectivity index (χ2v) is 15.9. The molecule has 10 rings (SSSR count). The molecule has 46 heavy (non-hydrogen) atoms. The molecule has 3 atom stereocenters. The van der Waals surface area contributed by atoms with Gasteiger partial charge in [-0.2, -0.15) is 5.10 Å². The van der Waals surface area contributed by atoms with Crippen LogP contribution >= 0.6 is 11.3 Å². The topological polar surface area (TPSA) is 120 Å². The highest BCUT2D eigenvalue weighted by Crippen LogP contribution is 2.64. The van der Waals surface area contributed by atoms with Gasteiger partial charge in [0.25, 0.3) is 0 Å². The van der Waals surface area contributed by atoms with Crippen molar-refractivity contribution in [2.75, 3.05) is 10.2 Å². The number of piperidine rings is 1. The molecule has 3 aromatic heterocycles. The van der Waals surface area contributed by atoms with Crippen molar-refractivity contribution in [3.8, 4) is 0 Å². The number of carboxylic acids is 1. The van der Waals surface area contributed by atoms with Gasteiger partial charge < -0.3 is 15.3 Å². The Bertz CT molecular complexity index is 1790. The smallest absolute Gasteiger partial charge is 0.314 e. The van der Waals surface area contributed by atoms with Crippen molar-refractivity contribution in [2.45, 2.75) is 70.8 Å². The van der Waals surface area contributed by atoms with Crippen LogP contribution in [-0.4, -0.2) is 36.5 Å². The van der Waals surface area contributed by atoms with Gasteiger partial charge in [-0.25, -0.2) is 4.98 Å². The first-order chi connectivity index (χ1) is 22.4. The molecule has 3 N–H and O–H groups in total. The van der Waals surface area contributed by atoms with E-state index in [4.69, 9.17) is 5.10 Å². The third-order valence-corrected chi connectivity index (χ3v) is 13.0. The van der Waals surface area contributed by atoms with E-state index >= 15 is 0 Å². The molecule has 10 heteroatoms. The van der Waals surface area contributed by atoms with Crippen LogP contribution < -0.4 is 10.2 Å². The van der Waals surface area contributed by atoms with Crippen molar-refractivity contribution in [3.63, 3.8) is 0 Å². The average Bonchev–Trinajstić information content (AvgIpc) is 3.72. The van der Waals surface area contributed by atoms with E-state index < -0.39 is 11.4 Å². The minimum absolute atomic E-state index is 0.0326. The summed E-state index contributed by atoms with van der Waals surface area (Å²) in [6.45, 7) is 1.99. The lowest BCUT2D eigenvalue weighted by atomic mass is 9.47. The van der Waals surface area contributed by atoms with E-state index in [9.17, 15) is 9.90 Å². The number of allylic oxidation sites excluding steroid dienone is 3. The minimum Gasteiger partial charge on any atom is -0.481 e. The number of rotatable bonds is 7. The summed E-state index contributed by atoms with van der Waals surface area (Å²) in [4.78, 5) is 20.3. The Morgan fingerprint density at radius 1 is 1.04 bits per heavy atom. The number of fused-ring (bicyclic) bond motifs is 2. The molecule has 1 aromatic carbocycles. The van der Waals surface area contributed by atoms with E-state index in [0.29, 0.717) is 11.6 Å². The molecular formula is C36H39N7O2S. The molecule has 9 nitrogen and oxygen atoms in total. The fourth-order valence-corrected chi connectivity index (χ4v) is 11.2. The fourth-order valence-electron chi connectivity index (χ4n) is 10.4. The van der Waals surface area contributed by atoms with Gasteiger partial charge in [0, 0.05) is 23.4 Å². The largest absolute Gasteiger partial charge is 0.481 e. The van der Waals surface area contributed by atoms with E-state index in [-0.39, 0.29) is 17.4 Å². The third kappa shape index (κ3) is 4.51. The maximum atomic E-state index is 13.4. The predicted molar refractivity (Wildman–Crippen MR) is 179 cm³/mol. The van der Waals surface area contributed by atoms with Crippen molar-refractivity contribution in [1.29, 1.82) is 0 Å². The van der Waals surface area contributed by atoms with Crippen LogP contribution in [0.4, 0.5) is 16.8 Å². The Hall–Kier alpha value is -4.05. The number of benzene rings is 1. The number of carbonyl (C=O) groups is 1. The van der Waals surface area contributed by atoms with Gasteiger partial charge in [0.05, 0.1) is 27.9 Å². The molecule has 6 aliphatic rings. The number of thiazole rings is 1. The highest BCUT2D eigenvalue weighted by Gasteiger charge is 2.56. The normalized spacial score (nSPS) is 33.1. The standard InChI is InChI=1S/C36H39N7O2S/c1-35(33(44)45)25(18-36-15-21-12-22(16-36)14-23(13-21)17-36)6-8-29-26(35)7-9-28(24-19-37-38-20-24)43(29)32-11-10-31(41-42-32)40-34-39-27-4-2-3-5-30(27)46-34/h2-6,8,10-11,19-23,26,28H,7,9,12-18H2,1H3,(H,37,38)(H,44,45)(H,39,40,41). The van der Waals surface area contributed by atoms with E-state index in [0.717, 1.165) is 69.2 Å². The summed E-state index contributed by atoms with van der Waals surface area (Å²) in [5.74, 6) is 2.94. The zero-order valence-corrected chi connectivity index (χ0v) is 26.8. The summed E-state index contributed by atoms with van der Waals surface area (Å²) in [6, 6.07) is 11.9. The van der Waals surface area contributed by atoms with Gasteiger partial charge in [0.1, 0.15) is 0 Å². The van der Waals surface area contributed by atoms with Crippen molar-refractivity contribution in [2.24, 2.45) is 34.5 Å². The van der Waals surface area contributed by atoms with Crippen LogP contribution in [0, 0.1) is 34.5 Å². The number of aromatic nitrogens is 5. The number of para-hydroxylation sites is 1. The first-order valence-electron chi connectivity index (χ1n) is 16.8. The van der Waals surface area contributed by atoms with Gasteiger partial charge in [0.15, 0.2) is 16.8 Å². The van der Waals surface area contributed by atoms with Gasteiger partial charge in [0.2, 0.25) is 0 Å². The lowest BCUT2D eigenvalue weighted by Crippen LogP contribution is -2.51. The van der Waals surface area contributed by atoms with Crippen molar-refractivity contribution >= 4 is 44.3 Å². The molecule has 5 fully saturated rings. The number of nitrogens with zero attached hydrogens (tertiary/aromatic N) is 5. The maximum absolute atomic E-state index is 13.4. The second-order valence-electron chi connectivity index (χ2n) is 14.8. The maximum Gasteiger partial charge on any atom is 0.314 e. The van der Waals surface area contributed by atoms with Crippen molar-refractivity contribution < 1.29 is 9.90 Å². The van der Waals surface area contributed by atoms with Crippen molar-refractivity contribution in [3.05, 3.63) is 77.8 Å². The monoisotopic (exact) mass is 633 g/mol. The molecule has 4 aromatic rings. The summed E-state index contributed by atoms with van der Waals surface area (Å²) in [7, 11) is 0. The van der Waals surface area contributed by atoms with Gasteiger partial charge in [-0.05, 0) is 118 Å². The Balaban J connectivity index is 1.07. The van der Waals surface area contributed by atoms with Gasteiger partial charge in [-0.15, -0.1) is 10.2 Å². The molecule has 0 radical (unpaired) electrons. The summed E-state index contributed by atoms with van der Waals surface area (Å²) in [6.07, 6.45) is 18.6. The van der Waals surface area contributed by atoms with E-state index in [2.05, 4.69) is 48.7 Å². The molecule has 0 spiro atoms. The Morgan fingerprint density at radius 3 is 2.50 bits per heavy atom. The quantitative estimate of drug-likeness (QED) is 0.187. The molecule has 4 bridgehead atoms. The number of carboxylic acid groups (broad SMARTS) is 1. The fraction of sp³-hybridized carbons (Fsp3) is 0.472. The Labute approximate surface area is 272 Å². The zero-order valence-electron chi connectivity index (χ0n) is 26.0. The van der Waals surface area contributed by atoms with Gasteiger partial charge >= 0.3 is 5.97 Å². The third-order valence-electron chi connectivity index (χ3n) is 12.0. The molecule has 0 amide bonds. The van der Waals surface area contributed by atoms with Crippen LogP contribution in [0.1, 0.15) is 76.3 Å². The van der Waals surface area contributed by atoms with Crippen LogP contribution in [0.5, 0.6) is 0 Å². The summed E-state index contributed by atoms with van der Waals surface area (Å²) < 4.78 is 1.11. The molecule has 1 aliphatic heterocycles. The molecule has 4 saturated carbocycles. The molecular weight excluding hydrogens is 595 g/mol. The summed E-state index contributed by atoms with van der Waals surface area (Å²) >= 11 is 1.58. The zero-order chi connectivity index (χ0) is 31.0. The van der Waals surface area contributed by atoms with Crippen molar-refractivity contribution in [1.82, 2.24) is 25.4 Å². The van der Waals surface area contributed by atoms with E-state index in [1.807, 2.05) is 49.6 Å². The SMILES string of the molecule is CC1(C(=O)O)C(CC23CC4CC(CC(C4)C2)C3)=CC=C2C1CCC(c1cn[nH]c1)N2c1ccc(Nc2nc3ccccc3s2)nn1. The number of aromatic amines is 1. The Kier molecular flexibility index (Phi) is 6.43. The lowest BCUT2D eigenvalue weighted by molar-refractivity contribution is -0.149. The number of aliphatic carboxylic acids is 1. The molecule has 4 heterocycles. The average molecular weight is 634 g/mol. The highest BCUT2D eigenvalue weighted by molar-refractivity contribution is 7.22. The number of hydrogen-bond acceptors (Lipinski definition) is 8. The number of H-pyrrole nitrogens is 1. The van der Waals surface area contributed by atoms with Crippen LogP contribution in [-0.2, 0) is 4.79 Å². The molecule has 3 unspecified atom stereocenters. The number of nitrogens with one attached hydrogen (secondary N) is 2. The summed E-state index contributed by atoms with van der Waals surface area (Å²) in [5.41, 5.74) is 3.40. The van der Waals surface area contributed by atoms with Gasteiger partial charge in [-0.1, -0.05) is 35.1 Å². The molecule has 1 saturated heterocycles. The predicted octanol–water partition coefficient (Wildman–Crippen LogP) is 8.03. The molecule has 5 aliphatic carbocycles. The van der Waals surface area contributed by atoms with E-state index in [1.165, 1.54) is 38.5 Å². The number of hydrogen-bond donors (Lipinski definition) is 3. The number of anilines is 3. The molecule has 236 valence electrons. The minimum atomic E-state index is -0.977. The lowest BCUT2D eigenvalue weighted by Gasteiger charge is -2.58. The second kappa shape index (κ2) is 10.5. The van der Waals surface area contributed by atoms with Crippen LogP contribution in [0.15, 0.2) is 72.2 Å². The first kappa shape index (κ1) is 28.2. The van der Waals surface area contributed by atoms with Gasteiger partial charge in [-0.3, -0.25) is 9.89 Å². The van der Waals surface area contributed by atoms with Crippen LogP contribution in [0.3, 0.4) is 0 Å². The first-order valence-corrected chi connectivity index (χ1v) is 17.6. The van der Waals surface area contributed by atoms with Crippen LogP contribution in [0.25, 0.3) is 10.2 Å². The Morgan fingerprint density at radius 2 is 1.83 bits per heavy atom. The highest BCUT2D eigenvalue weighted by atomic mass is 32.1.